The SMILES string of the molecule is C#Cc1cccc(C(=O)N2CCOC3(CCN(CCc4cccc(CCOCCC(=O)N(CCCC)CCNCC(O)c5ccc(O)c6[nH]c(=O)ccc56)c4)CC3)C2)c1. The number of likely N-dealkylation sites (tertiary alicyclic amines) is 1. The number of unbranched alkanes of at least 4 members (excludes halogenated alkanes) is 1. The van der Waals surface area contributed by atoms with Crippen LogP contribution in [0.1, 0.15) is 77.7 Å². The average Bonchev–Trinajstić information content (AvgIpc) is 3.26. The molecule has 59 heavy (non-hydrogen) atoms. The number of nitrogens with zero attached hydrogens (tertiary/aromatic N) is 3. The van der Waals surface area contributed by atoms with Gasteiger partial charge in [-0.05, 0) is 79.1 Å². The summed E-state index contributed by atoms with van der Waals surface area (Å²) in [7, 11) is 0. The minimum atomic E-state index is -0.865. The second-order valence-corrected chi connectivity index (χ2v) is 15.7. The van der Waals surface area contributed by atoms with Crippen LogP contribution in [0.4, 0.5) is 0 Å². The van der Waals surface area contributed by atoms with Crippen LogP contribution in [0.2, 0.25) is 0 Å². The molecule has 1 aromatic heterocycles. The predicted octanol–water partition coefficient (Wildman–Crippen LogP) is 4.67. The molecule has 12 heteroatoms. The number of ether oxygens (including phenoxy) is 2. The number of aliphatic hydroxyl groups is 1. The Labute approximate surface area is 347 Å². The summed E-state index contributed by atoms with van der Waals surface area (Å²) >= 11 is 0. The van der Waals surface area contributed by atoms with Crippen molar-refractivity contribution in [2.24, 2.45) is 0 Å². The zero-order chi connectivity index (χ0) is 41.6. The second kappa shape index (κ2) is 21.3. The highest BCUT2D eigenvalue weighted by Gasteiger charge is 2.41. The first-order chi connectivity index (χ1) is 28.7. The van der Waals surface area contributed by atoms with E-state index in [9.17, 15) is 24.6 Å². The normalized spacial score (nSPS) is 15.9. The van der Waals surface area contributed by atoms with Gasteiger partial charge in [0.05, 0.1) is 50.0 Å². The van der Waals surface area contributed by atoms with Gasteiger partial charge in [0.15, 0.2) is 0 Å². The van der Waals surface area contributed by atoms with E-state index < -0.39 is 6.10 Å². The number of phenolic OH excluding ortho intramolecular Hbond substituents is 1. The number of pyridine rings is 1. The van der Waals surface area contributed by atoms with Crippen molar-refractivity contribution in [3.8, 4) is 18.1 Å². The van der Waals surface area contributed by atoms with Crippen molar-refractivity contribution < 1.29 is 29.3 Å². The summed E-state index contributed by atoms with van der Waals surface area (Å²) < 4.78 is 12.3. The fraction of sp³-hybridized carbons (Fsp3) is 0.468. The fourth-order valence-corrected chi connectivity index (χ4v) is 8.09. The number of nitrogens with one attached hydrogen (secondary N) is 2. The Bertz CT molecular complexity index is 2120. The Balaban J connectivity index is 0.874. The largest absolute Gasteiger partial charge is 0.506 e. The van der Waals surface area contributed by atoms with Crippen LogP contribution in [0.3, 0.4) is 0 Å². The van der Waals surface area contributed by atoms with Gasteiger partial charge in [-0.15, -0.1) is 6.42 Å². The van der Waals surface area contributed by atoms with Gasteiger partial charge in [0.25, 0.3) is 5.91 Å². The average molecular weight is 806 g/mol. The number of piperidine rings is 1. The van der Waals surface area contributed by atoms with E-state index in [0.29, 0.717) is 86.6 Å². The van der Waals surface area contributed by atoms with E-state index in [1.165, 1.54) is 23.3 Å². The summed E-state index contributed by atoms with van der Waals surface area (Å²) in [6.07, 6.45) is 10.4. The van der Waals surface area contributed by atoms with Gasteiger partial charge in [0.2, 0.25) is 11.5 Å². The standard InChI is InChI=1S/C47H59N5O7/c1-3-5-22-51(26-21-48-33-42(54)39-12-14-41(53)45-40(39)13-15-43(55)49-45)44(56)18-29-58-28-17-37-10-6-9-36(31-37)16-23-50-24-19-47(20-25-50)34-52(27-30-59-47)46(57)38-11-7-8-35(4-2)32-38/h2,6-15,31-32,42,48,53-54H,3,5,16-30,33-34H2,1H3,(H,49,55). The highest BCUT2D eigenvalue weighted by atomic mass is 16.5. The van der Waals surface area contributed by atoms with Crippen LogP contribution in [0.15, 0.2) is 77.6 Å². The lowest BCUT2D eigenvalue weighted by atomic mass is 9.89. The number of carbonyl (C=O) groups is 2. The van der Waals surface area contributed by atoms with Crippen molar-refractivity contribution >= 4 is 22.7 Å². The van der Waals surface area contributed by atoms with E-state index in [4.69, 9.17) is 15.9 Å². The third kappa shape index (κ3) is 12.0. The molecule has 2 amide bonds. The number of rotatable bonds is 19. The van der Waals surface area contributed by atoms with Gasteiger partial charge in [-0.1, -0.05) is 55.7 Å². The smallest absolute Gasteiger partial charge is 0.254 e. The van der Waals surface area contributed by atoms with Gasteiger partial charge >= 0.3 is 0 Å². The van der Waals surface area contributed by atoms with Gasteiger partial charge in [0, 0.05) is 74.9 Å². The number of aromatic amines is 1. The van der Waals surface area contributed by atoms with Crippen LogP contribution >= 0.6 is 0 Å². The number of aromatic hydroxyl groups is 1. The molecule has 0 bridgehead atoms. The predicted molar refractivity (Wildman–Crippen MR) is 229 cm³/mol. The van der Waals surface area contributed by atoms with E-state index in [1.54, 1.807) is 18.2 Å². The van der Waals surface area contributed by atoms with E-state index in [1.807, 2.05) is 28.0 Å². The summed E-state index contributed by atoms with van der Waals surface area (Å²) in [5, 5.41) is 24.9. The molecule has 1 unspecified atom stereocenters. The molecule has 1 atom stereocenters. The zero-order valence-electron chi connectivity index (χ0n) is 34.3. The monoisotopic (exact) mass is 805 g/mol. The second-order valence-electron chi connectivity index (χ2n) is 15.7. The van der Waals surface area contributed by atoms with E-state index in [2.05, 4.69) is 52.3 Å². The van der Waals surface area contributed by atoms with E-state index in [0.717, 1.165) is 58.2 Å². The number of aliphatic hydroxyl groups excluding tert-OH is 1. The van der Waals surface area contributed by atoms with Gasteiger partial charge in [0.1, 0.15) is 5.75 Å². The van der Waals surface area contributed by atoms with Crippen molar-refractivity contribution in [1.82, 2.24) is 25.0 Å². The summed E-state index contributed by atoms with van der Waals surface area (Å²) in [6.45, 7) is 9.49. The number of hydrogen-bond acceptors (Lipinski definition) is 9. The lowest BCUT2D eigenvalue weighted by Gasteiger charge is -2.47. The van der Waals surface area contributed by atoms with Gasteiger partial charge in [-0.3, -0.25) is 14.4 Å². The Morgan fingerprint density at radius 2 is 1.81 bits per heavy atom. The number of phenols is 1. The molecular formula is C47H59N5O7. The maximum absolute atomic E-state index is 13.3. The third-order valence-corrected chi connectivity index (χ3v) is 11.6. The van der Waals surface area contributed by atoms with E-state index >= 15 is 0 Å². The Morgan fingerprint density at radius 1 is 1.02 bits per heavy atom. The minimum absolute atomic E-state index is 0.0132. The summed E-state index contributed by atoms with van der Waals surface area (Å²) in [5.74, 6) is 2.63. The lowest BCUT2D eigenvalue weighted by Crippen LogP contribution is -2.58. The molecule has 0 radical (unpaired) electrons. The van der Waals surface area contributed by atoms with Crippen LogP contribution in [-0.2, 0) is 27.1 Å². The number of hydrogen-bond donors (Lipinski definition) is 4. The molecule has 2 aliphatic rings. The first kappa shape index (κ1) is 43.5. The van der Waals surface area contributed by atoms with Crippen molar-refractivity contribution in [2.75, 3.05) is 78.7 Å². The quantitative estimate of drug-likeness (QED) is 0.0785. The van der Waals surface area contributed by atoms with Gasteiger partial charge in [-0.2, -0.15) is 0 Å². The van der Waals surface area contributed by atoms with E-state index in [-0.39, 0.29) is 35.3 Å². The maximum Gasteiger partial charge on any atom is 0.254 e. The number of terminal acetylenes is 1. The van der Waals surface area contributed by atoms with Gasteiger partial charge in [-0.25, -0.2) is 0 Å². The van der Waals surface area contributed by atoms with Crippen LogP contribution in [0, 0.1) is 12.3 Å². The molecule has 3 aromatic carbocycles. The molecule has 2 saturated heterocycles. The Hall–Kier alpha value is -5.03. The van der Waals surface area contributed by atoms with Crippen molar-refractivity contribution in [2.45, 2.75) is 63.6 Å². The molecule has 12 nitrogen and oxygen atoms in total. The highest BCUT2D eigenvalue weighted by molar-refractivity contribution is 5.94. The third-order valence-electron chi connectivity index (χ3n) is 11.6. The molecule has 3 heterocycles. The zero-order valence-corrected chi connectivity index (χ0v) is 34.3. The molecule has 2 aliphatic heterocycles. The molecule has 4 aromatic rings. The number of carbonyl (C=O) groups excluding carboxylic acids is 2. The number of fused-ring (bicyclic) bond motifs is 1. The molecular weight excluding hydrogens is 747 g/mol. The summed E-state index contributed by atoms with van der Waals surface area (Å²) in [4.78, 5) is 47.1. The van der Waals surface area contributed by atoms with Crippen LogP contribution in [0.5, 0.6) is 5.75 Å². The lowest BCUT2D eigenvalue weighted by molar-refractivity contribution is -0.132. The maximum atomic E-state index is 13.3. The molecule has 4 N–H and O–H groups in total. The first-order valence-electron chi connectivity index (χ1n) is 21.1. The summed E-state index contributed by atoms with van der Waals surface area (Å²) in [6, 6.07) is 22.0. The summed E-state index contributed by atoms with van der Waals surface area (Å²) in [5.41, 5.74) is 4.11. The first-order valence-corrected chi connectivity index (χ1v) is 21.1. The molecule has 0 aliphatic carbocycles. The van der Waals surface area contributed by atoms with Crippen LogP contribution < -0.4 is 10.9 Å². The van der Waals surface area contributed by atoms with Crippen molar-refractivity contribution in [1.29, 1.82) is 0 Å². The molecule has 2 fully saturated rings. The number of H-pyrrole nitrogens is 1. The van der Waals surface area contributed by atoms with Crippen molar-refractivity contribution in [3.63, 3.8) is 0 Å². The molecule has 314 valence electrons. The van der Waals surface area contributed by atoms with Gasteiger partial charge < -0.3 is 44.7 Å². The highest BCUT2D eigenvalue weighted by Crippen LogP contribution is 2.31. The minimum Gasteiger partial charge on any atom is -0.506 e. The van der Waals surface area contributed by atoms with Crippen molar-refractivity contribution in [3.05, 3.63) is 111 Å². The fourth-order valence-electron chi connectivity index (χ4n) is 8.09. The number of amides is 2. The molecule has 0 saturated carbocycles. The molecule has 1 spiro atoms. The Kier molecular flexibility index (Phi) is 15.7. The molecule has 6 rings (SSSR count). The van der Waals surface area contributed by atoms with Crippen LogP contribution in [0.25, 0.3) is 10.9 Å². The van der Waals surface area contributed by atoms with Crippen LogP contribution in [-0.4, -0.2) is 126 Å². The Morgan fingerprint density at radius 3 is 2.61 bits per heavy atom. The number of aromatic nitrogens is 1. The number of morpholine rings is 1. The number of benzene rings is 3. The topological polar surface area (TPSA) is 148 Å².